The van der Waals surface area contributed by atoms with Gasteiger partial charge in [-0.3, -0.25) is 0 Å². The summed E-state index contributed by atoms with van der Waals surface area (Å²) < 4.78 is 22.9. The van der Waals surface area contributed by atoms with Crippen molar-refractivity contribution in [2.75, 3.05) is 12.3 Å². The Bertz CT molecular complexity index is 285. The minimum Gasteiger partial charge on any atom is -0.312 e. The lowest BCUT2D eigenvalue weighted by molar-refractivity contribution is 0.546. The van der Waals surface area contributed by atoms with Gasteiger partial charge >= 0.3 is 0 Å². The highest BCUT2D eigenvalue weighted by molar-refractivity contribution is 7.92. The summed E-state index contributed by atoms with van der Waals surface area (Å²) in [6.07, 6.45) is 6.33. The normalized spacial score (nSPS) is 18.2. The van der Waals surface area contributed by atoms with E-state index in [1.807, 2.05) is 0 Å². The maximum Gasteiger partial charge on any atom is 0.153 e. The van der Waals surface area contributed by atoms with Gasteiger partial charge < -0.3 is 5.32 Å². The van der Waals surface area contributed by atoms with Crippen molar-refractivity contribution in [2.45, 2.75) is 38.0 Å². The monoisotopic (exact) mass is 217 g/mol. The molecule has 4 heteroatoms. The third kappa shape index (κ3) is 3.42. The summed E-state index contributed by atoms with van der Waals surface area (Å²) in [5, 5.41) is 2.99. The van der Waals surface area contributed by atoms with Gasteiger partial charge in [-0.15, -0.1) is 0 Å². The average Bonchev–Trinajstić information content (AvgIpc) is 2.56. The second kappa shape index (κ2) is 4.94. The summed E-state index contributed by atoms with van der Waals surface area (Å²) in [4.78, 5) is 0. The van der Waals surface area contributed by atoms with E-state index in [0.29, 0.717) is 12.6 Å². The Labute approximate surface area is 86.5 Å². The molecule has 0 atom stereocenters. The molecule has 0 saturated heterocycles. The van der Waals surface area contributed by atoms with Crippen molar-refractivity contribution in [2.24, 2.45) is 0 Å². The Hall–Kier alpha value is -0.350. The van der Waals surface area contributed by atoms with Crippen LogP contribution in [0.2, 0.25) is 0 Å². The molecule has 0 aromatic heterocycles. The van der Waals surface area contributed by atoms with Gasteiger partial charge in [0.05, 0.1) is 11.0 Å². The smallest absolute Gasteiger partial charge is 0.153 e. The van der Waals surface area contributed by atoms with E-state index in [-0.39, 0.29) is 11.0 Å². The minimum atomic E-state index is -2.87. The van der Waals surface area contributed by atoms with Gasteiger partial charge in [-0.1, -0.05) is 12.2 Å². The first-order valence-electron chi connectivity index (χ1n) is 5.12. The van der Waals surface area contributed by atoms with Crippen molar-refractivity contribution in [1.82, 2.24) is 5.32 Å². The van der Waals surface area contributed by atoms with Crippen molar-refractivity contribution in [3.05, 3.63) is 12.2 Å². The third-order valence-electron chi connectivity index (χ3n) is 2.55. The fraction of sp³-hybridized carbons (Fsp3) is 0.800. The lowest BCUT2D eigenvalue weighted by Crippen LogP contribution is -2.33. The Balaban J connectivity index is 2.21. The first-order chi connectivity index (χ1) is 6.52. The summed E-state index contributed by atoms with van der Waals surface area (Å²) in [7, 11) is -2.87. The molecule has 0 amide bonds. The first kappa shape index (κ1) is 11.7. The molecular weight excluding hydrogens is 198 g/mol. The Morgan fingerprint density at radius 1 is 1.36 bits per heavy atom. The molecule has 1 rings (SSSR count). The van der Waals surface area contributed by atoms with Crippen LogP contribution in [0.25, 0.3) is 0 Å². The van der Waals surface area contributed by atoms with Crippen LogP contribution in [0.5, 0.6) is 0 Å². The van der Waals surface area contributed by atoms with Crippen LogP contribution in [0, 0.1) is 0 Å². The van der Waals surface area contributed by atoms with Gasteiger partial charge in [0.25, 0.3) is 0 Å². The predicted molar refractivity (Wildman–Crippen MR) is 59.1 cm³/mol. The fourth-order valence-electron chi connectivity index (χ4n) is 1.42. The molecule has 0 saturated carbocycles. The van der Waals surface area contributed by atoms with Crippen LogP contribution in [0.15, 0.2) is 12.2 Å². The second-order valence-corrected chi connectivity index (χ2v) is 6.69. The summed E-state index contributed by atoms with van der Waals surface area (Å²) in [5.41, 5.74) is 0. The van der Waals surface area contributed by atoms with Crippen LogP contribution < -0.4 is 5.32 Å². The highest BCUT2D eigenvalue weighted by atomic mass is 32.2. The summed E-state index contributed by atoms with van der Waals surface area (Å²) >= 11 is 0. The minimum absolute atomic E-state index is 0.251. The topological polar surface area (TPSA) is 46.2 Å². The second-order valence-electron chi connectivity index (χ2n) is 4.01. The van der Waals surface area contributed by atoms with E-state index in [9.17, 15) is 8.42 Å². The molecule has 1 N–H and O–H groups in total. The van der Waals surface area contributed by atoms with E-state index >= 15 is 0 Å². The maximum absolute atomic E-state index is 11.4. The molecule has 0 aromatic rings. The van der Waals surface area contributed by atoms with Crippen molar-refractivity contribution < 1.29 is 8.42 Å². The molecule has 0 unspecified atom stereocenters. The molecule has 3 nitrogen and oxygen atoms in total. The lowest BCUT2D eigenvalue weighted by atomic mass is 10.2. The first-order valence-corrected chi connectivity index (χ1v) is 6.84. The van der Waals surface area contributed by atoms with E-state index < -0.39 is 9.84 Å². The van der Waals surface area contributed by atoms with Crippen molar-refractivity contribution >= 4 is 9.84 Å². The fourth-order valence-corrected chi connectivity index (χ4v) is 2.30. The van der Waals surface area contributed by atoms with Gasteiger partial charge in [0.15, 0.2) is 9.84 Å². The lowest BCUT2D eigenvalue weighted by Gasteiger charge is -2.13. The molecule has 0 aromatic carbocycles. The van der Waals surface area contributed by atoms with Crippen molar-refractivity contribution in [1.29, 1.82) is 0 Å². The molecule has 0 fully saturated rings. The summed E-state index contributed by atoms with van der Waals surface area (Å²) in [6, 6.07) is 0.456. The number of rotatable bonds is 5. The molecule has 0 aliphatic heterocycles. The summed E-state index contributed by atoms with van der Waals surface area (Å²) in [5.74, 6) is 0.251. The zero-order valence-corrected chi connectivity index (χ0v) is 9.68. The zero-order chi connectivity index (χ0) is 10.6. The number of hydrogen-bond acceptors (Lipinski definition) is 3. The summed E-state index contributed by atoms with van der Waals surface area (Å²) in [6.45, 7) is 4.03. The Kier molecular flexibility index (Phi) is 4.13. The average molecular weight is 217 g/mol. The molecule has 0 heterocycles. The van der Waals surface area contributed by atoms with Gasteiger partial charge in [0.1, 0.15) is 0 Å². The van der Waals surface area contributed by atoms with Gasteiger partial charge in [0, 0.05) is 12.6 Å². The van der Waals surface area contributed by atoms with E-state index in [0.717, 1.165) is 12.8 Å². The molecular formula is C10H19NO2S. The predicted octanol–water partition coefficient (Wildman–Crippen LogP) is 1.12. The molecule has 0 spiro atoms. The third-order valence-corrected chi connectivity index (χ3v) is 4.76. The van der Waals surface area contributed by atoms with Crippen LogP contribution >= 0.6 is 0 Å². The van der Waals surface area contributed by atoms with Crippen LogP contribution in [-0.2, 0) is 9.84 Å². The van der Waals surface area contributed by atoms with E-state index in [4.69, 9.17) is 0 Å². The quantitative estimate of drug-likeness (QED) is 0.702. The Morgan fingerprint density at radius 2 is 1.93 bits per heavy atom. The van der Waals surface area contributed by atoms with Crippen LogP contribution in [0.3, 0.4) is 0 Å². The number of sulfone groups is 1. The van der Waals surface area contributed by atoms with Gasteiger partial charge in [-0.25, -0.2) is 8.42 Å². The molecule has 1 aliphatic rings. The Morgan fingerprint density at radius 3 is 2.43 bits per heavy atom. The largest absolute Gasteiger partial charge is 0.312 e. The highest BCUT2D eigenvalue weighted by Crippen LogP contribution is 2.08. The number of nitrogens with one attached hydrogen (secondary N) is 1. The van der Waals surface area contributed by atoms with Crippen LogP contribution in [-0.4, -0.2) is 32.0 Å². The van der Waals surface area contributed by atoms with Crippen molar-refractivity contribution in [3.8, 4) is 0 Å². The van der Waals surface area contributed by atoms with E-state index in [1.54, 1.807) is 13.8 Å². The van der Waals surface area contributed by atoms with Gasteiger partial charge in [-0.2, -0.15) is 0 Å². The van der Waals surface area contributed by atoms with Gasteiger partial charge in [-0.05, 0) is 26.7 Å². The standard InChI is InChI=1S/C10H19NO2S/c1-9(2)14(12,13)8-7-11-10-5-3-4-6-10/h3-4,9-11H,5-8H2,1-2H3. The zero-order valence-electron chi connectivity index (χ0n) is 8.86. The van der Waals surface area contributed by atoms with Crippen molar-refractivity contribution in [3.63, 3.8) is 0 Å². The van der Waals surface area contributed by atoms with Crippen LogP contribution in [0.1, 0.15) is 26.7 Å². The molecule has 0 bridgehead atoms. The molecule has 82 valence electrons. The number of hydrogen-bond donors (Lipinski definition) is 1. The molecule has 1 aliphatic carbocycles. The highest BCUT2D eigenvalue weighted by Gasteiger charge is 2.16. The van der Waals surface area contributed by atoms with Gasteiger partial charge in [0.2, 0.25) is 0 Å². The van der Waals surface area contributed by atoms with E-state index in [1.165, 1.54) is 0 Å². The molecule has 14 heavy (non-hydrogen) atoms. The maximum atomic E-state index is 11.4. The molecule has 0 radical (unpaired) electrons. The van der Waals surface area contributed by atoms with E-state index in [2.05, 4.69) is 17.5 Å². The SMILES string of the molecule is CC(C)S(=O)(=O)CCNC1CC=CC1. The van der Waals surface area contributed by atoms with Crippen LogP contribution in [0.4, 0.5) is 0 Å².